The molecule has 0 spiro atoms. The van der Waals surface area contributed by atoms with Crippen LogP contribution < -0.4 is 4.74 Å². The molecule has 18 heavy (non-hydrogen) atoms. The van der Waals surface area contributed by atoms with Gasteiger partial charge in [-0.05, 0) is 35.4 Å². The lowest BCUT2D eigenvalue weighted by molar-refractivity contribution is 0.414. The van der Waals surface area contributed by atoms with E-state index in [1.807, 2.05) is 30.3 Å². The van der Waals surface area contributed by atoms with Crippen LogP contribution in [0.15, 0.2) is 42.5 Å². The topological polar surface area (TPSA) is 9.23 Å². The van der Waals surface area contributed by atoms with Crippen molar-refractivity contribution >= 4 is 34.8 Å². The lowest BCUT2D eigenvalue weighted by Gasteiger charge is -2.12. The van der Waals surface area contributed by atoms with Gasteiger partial charge in [0.2, 0.25) is 0 Å². The maximum absolute atomic E-state index is 6.43. The van der Waals surface area contributed by atoms with Crippen LogP contribution in [0.1, 0.15) is 16.5 Å². The summed E-state index contributed by atoms with van der Waals surface area (Å²) in [7, 11) is 1.63. The molecular weight excluding hydrogens is 291 g/mol. The summed E-state index contributed by atoms with van der Waals surface area (Å²) in [5.74, 6) is 0.776. The van der Waals surface area contributed by atoms with Crippen LogP contribution in [0.3, 0.4) is 0 Å². The summed E-state index contributed by atoms with van der Waals surface area (Å²) in [6, 6.07) is 13.0. The Balaban J connectivity index is 2.34. The molecule has 0 amide bonds. The lowest BCUT2D eigenvalue weighted by Crippen LogP contribution is -1.94. The van der Waals surface area contributed by atoms with E-state index < -0.39 is 0 Å². The number of hydrogen-bond acceptors (Lipinski definition) is 1. The molecule has 0 aromatic heterocycles. The van der Waals surface area contributed by atoms with E-state index in [4.69, 9.17) is 39.5 Å². The summed E-state index contributed by atoms with van der Waals surface area (Å²) in [6.07, 6.45) is 0. The molecule has 0 aliphatic carbocycles. The first kappa shape index (κ1) is 13.5. The van der Waals surface area contributed by atoms with Gasteiger partial charge in [0.25, 0.3) is 0 Å². The normalized spacial score (nSPS) is 12.2. The highest BCUT2D eigenvalue weighted by Gasteiger charge is 2.12. The summed E-state index contributed by atoms with van der Waals surface area (Å²) in [5, 5.41) is 0.743. The van der Waals surface area contributed by atoms with Crippen molar-refractivity contribution in [1.82, 2.24) is 0 Å². The second-order valence-corrected chi connectivity index (χ2v) is 5.06. The van der Waals surface area contributed by atoms with Crippen LogP contribution in [-0.2, 0) is 0 Å². The number of hydrogen-bond donors (Lipinski definition) is 0. The van der Waals surface area contributed by atoms with Crippen molar-refractivity contribution in [3.63, 3.8) is 0 Å². The maximum Gasteiger partial charge on any atom is 0.119 e. The summed E-state index contributed by atoms with van der Waals surface area (Å²) in [6.45, 7) is 0. The highest BCUT2D eigenvalue weighted by Crippen LogP contribution is 2.33. The van der Waals surface area contributed by atoms with Gasteiger partial charge < -0.3 is 4.74 Å². The van der Waals surface area contributed by atoms with E-state index in [1.54, 1.807) is 19.2 Å². The minimum absolute atomic E-state index is 0.283. The molecule has 0 aliphatic rings. The Labute approximate surface area is 121 Å². The Hall–Kier alpha value is -0.890. The molecule has 2 aromatic rings. The van der Waals surface area contributed by atoms with E-state index in [0.29, 0.717) is 10.0 Å². The highest BCUT2D eigenvalue weighted by atomic mass is 35.5. The van der Waals surface area contributed by atoms with Crippen LogP contribution in [0.2, 0.25) is 10.0 Å². The Bertz CT molecular complexity index is 554. The van der Waals surface area contributed by atoms with Crippen molar-refractivity contribution in [2.75, 3.05) is 7.11 Å². The van der Waals surface area contributed by atoms with Crippen molar-refractivity contribution < 1.29 is 4.74 Å². The third-order valence-corrected chi connectivity index (χ3v) is 3.87. The molecule has 2 rings (SSSR count). The van der Waals surface area contributed by atoms with E-state index in [2.05, 4.69) is 0 Å². The monoisotopic (exact) mass is 300 g/mol. The zero-order valence-electron chi connectivity index (χ0n) is 9.66. The highest BCUT2D eigenvalue weighted by molar-refractivity contribution is 6.42. The molecule has 1 nitrogen and oxygen atoms in total. The fraction of sp³-hybridized carbons (Fsp3) is 0.143. The SMILES string of the molecule is COc1cccc(C(Cl)c2ccc(Cl)c(Cl)c2)c1. The van der Waals surface area contributed by atoms with Gasteiger partial charge in [-0.3, -0.25) is 0 Å². The second-order valence-electron chi connectivity index (χ2n) is 3.81. The average molecular weight is 302 g/mol. The molecule has 0 bridgehead atoms. The van der Waals surface area contributed by atoms with Gasteiger partial charge in [0, 0.05) is 0 Å². The third-order valence-electron chi connectivity index (χ3n) is 2.62. The van der Waals surface area contributed by atoms with Gasteiger partial charge in [0.15, 0.2) is 0 Å². The fourth-order valence-electron chi connectivity index (χ4n) is 1.66. The van der Waals surface area contributed by atoms with Crippen molar-refractivity contribution in [2.24, 2.45) is 0 Å². The Morgan fingerprint density at radius 2 is 1.67 bits per heavy atom. The number of methoxy groups -OCH3 is 1. The first-order valence-electron chi connectivity index (χ1n) is 5.35. The molecule has 0 saturated carbocycles. The minimum atomic E-state index is -0.283. The Kier molecular flexibility index (Phi) is 4.39. The van der Waals surface area contributed by atoms with Crippen LogP contribution in [0.5, 0.6) is 5.75 Å². The number of ether oxygens (including phenoxy) is 1. The molecule has 94 valence electrons. The molecule has 2 aromatic carbocycles. The minimum Gasteiger partial charge on any atom is -0.497 e. The van der Waals surface area contributed by atoms with Gasteiger partial charge in [-0.1, -0.05) is 41.4 Å². The smallest absolute Gasteiger partial charge is 0.119 e. The number of alkyl halides is 1. The summed E-state index contributed by atoms with van der Waals surface area (Å²) >= 11 is 18.3. The quantitative estimate of drug-likeness (QED) is 0.696. The average Bonchev–Trinajstić information content (AvgIpc) is 2.41. The Morgan fingerprint density at radius 1 is 0.944 bits per heavy atom. The molecule has 0 N–H and O–H groups in total. The van der Waals surface area contributed by atoms with Crippen LogP contribution >= 0.6 is 34.8 Å². The maximum atomic E-state index is 6.43. The van der Waals surface area contributed by atoms with Crippen LogP contribution in [0, 0.1) is 0 Å². The van der Waals surface area contributed by atoms with E-state index in [0.717, 1.165) is 16.9 Å². The Morgan fingerprint density at radius 3 is 2.33 bits per heavy atom. The van der Waals surface area contributed by atoms with Crippen LogP contribution in [0.25, 0.3) is 0 Å². The lowest BCUT2D eigenvalue weighted by atomic mass is 10.0. The van der Waals surface area contributed by atoms with Crippen LogP contribution in [0.4, 0.5) is 0 Å². The number of benzene rings is 2. The molecule has 0 heterocycles. The standard InChI is InChI=1S/C14H11Cl3O/c1-18-11-4-2-3-9(7-11)14(17)10-5-6-12(15)13(16)8-10/h2-8,14H,1H3. The summed E-state index contributed by atoms with van der Waals surface area (Å²) < 4.78 is 5.18. The van der Waals surface area contributed by atoms with Crippen LogP contribution in [-0.4, -0.2) is 7.11 Å². The van der Waals surface area contributed by atoms with Gasteiger partial charge in [-0.15, -0.1) is 11.6 Å². The van der Waals surface area contributed by atoms with E-state index in [1.165, 1.54) is 0 Å². The molecule has 0 aliphatic heterocycles. The number of rotatable bonds is 3. The largest absolute Gasteiger partial charge is 0.497 e. The van der Waals surface area contributed by atoms with Crippen molar-refractivity contribution in [1.29, 1.82) is 0 Å². The van der Waals surface area contributed by atoms with Gasteiger partial charge in [0.05, 0.1) is 22.5 Å². The van der Waals surface area contributed by atoms with Crippen molar-refractivity contribution in [3.8, 4) is 5.75 Å². The van der Waals surface area contributed by atoms with Crippen molar-refractivity contribution in [3.05, 3.63) is 63.6 Å². The van der Waals surface area contributed by atoms with E-state index in [-0.39, 0.29) is 5.38 Å². The van der Waals surface area contributed by atoms with Gasteiger partial charge in [-0.25, -0.2) is 0 Å². The predicted molar refractivity (Wildman–Crippen MR) is 77.2 cm³/mol. The molecule has 0 fully saturated rings. The van der Waals surface area contributed by atoms with E-state index >= 15 is 0 Å². The van der Waals surface area contributed by atoms with Gasteiger partial charge >= 0.3 is 0 Å². The predicted octanol–water partition coefficient (Wildman–Crippen LogP) is 5.33. The second kappa shape index (κ2) is 5.83. The first-order chi connectivity index (χ1) is 8.61. The first-order valence-corrected chi connectivity index (χ1v) is 6.54. The van der Waals surface area contributed by atoms with E-state index in [9.17, 15) is 0 Å². The molecular formula is C14H11Cl3O. The van der Waals surface area contributed by atoms with Gasteiger partial charge in [0.1, 0.15) is 5.75 Å². The third kappa shape index (κ3) is 2.92. The molecule has 1 unspecified atom stereocenters. The molecule has 4 heteroatoms. The molecule has 0 radical (unpaired) electrons. The molecule has 1 atom stereocenters. The summed E-state index contributed by atoms with van der Waals surface area (Å²) in [4.78, 5) is 0. The zero-order chi connectivity index (χ0) is 13.1. The fourth-order valence-corrected chi connectivity index (χ4v) is 2.24. The number of halogens is 3. The van der Waals surface area contributed by atoms with Crippen molar-refractivity contribution in [2.45, 2.75) is 5.38 Å². The zero-order valence-corrected chi connectivity index (χ0v) is 11.9. The summed E-state index contributed by atoms with van der Waals surface area (Å²) in [5.41, 5.74) is 1.86. The molecule has 0 saturated heterocycles. The van der Waals surface area contributed by atoms with Gasteiger partial charge in [-0.2, -0.15) is 0 Å².